The van der Waals surface area contributed by atoms with E-state index in [0.717, 1.165) is 6.54 Å². The van der Waals surface area contributed by atoms with Crippen LogP contribution in [0.4, 0.5) is 4.39 Å². The van der Waals surface area contributed by atoms with Crippen molar-refractivity contribution in [3.8, 4) is 18.1 Å². The van der Waals surface area contributed by atoms with E-state index < -0.39 is 11.9 Å². The highest BCUT2D eigenvalue weighted by Crippen LogP contribution is 2.23. The zero-order valence-electron chi connectivity index (χ0n) is 11.7. The van der Waals surface area contributed by atoms with Crippen LogP contribution in [0.25, 0.3) is 0 Å². The molecule has 5 heteroatoms. The highest BCUT2D eigenvalue weighted by molar-refractivity contribution is 5.80. The van der Waals surface area contributed by atoms with Gasteiger partial charge >= 0.3 is 0 Å². The standard InChI is InChI=1S/C15H19FN2O2/c1-4-9-18-15(19)11(3)20-14-12(10-17-5-2)7-6-8-13(14)16/h1,6-8,11,17H,5,9-10H2,2-3H3,(H,18,19). The molecular weight excluding hydrogens is 259 g/mol. The van der Waals surface area contributed by atoms with Crippen LogP contribution in [0.15, 0.2) is 18.2 Å². The highest BCUT2D eigenvalue weighted by Gasteiger charge is 2.18. The van der Waals surface area contributed by atoms with E-state index in [1.807, 2.05) is 6.92 Å². The molecule has 1 atom stereocenters. The second kappa shape index (κ2) is 8.18. The summed E-state index contributed by atoms with van der Waals surface area (Å²) in [4.78, 5) is 11.7. The Morgan fingerprint density at radius 3 is 2.95 bits per heavy atom. The average molecular weight is 278 g/mol. The quantitative estimate of drug-likeness (QED) is 0.742. The molecule has 1 aromatic rings. The van der Waals surface area contributed by atoms with Crippen molar-refractivity contribution in [2.45, 2.75) is 26.5 Å². The molecule has 0 bridgehead atoms. The third-order valence-corrected chi connectivity index (χ3v) is 2.64. The minimum Gasteiger partial charge on any atom is -0.477 e. The van der Waals surface area contributed by atoms with Crippen LogP contribution in [0, 0.1) is 18.2 Å². The van der Waals surface area contributed by atoms with E-state index >= 15 is 0 Å². The number of terminal acetylenes is 1. The van der Waals surface area contributed by atoms with Gasteiger partial charge in [-0.3, -0.25) is 4.79 Å². The molecule has 1 amide bonds. The maximum Gasteiger partial charge on any atom is 0.261 e. The minimum atomic E-state index is -0.819. The number of rotatable bonds is 7. The second-order valence-corrected chi connectivity index (χ2v) is 4.19. The molecule has 0 radical (unpaired) electrons. The van der Waals surface area contributed by atoms with E-state index in [1.165, 1.54) is 6.07 Å². The summed E-state index contributed by atoms with van der Waals surface area (Å²) in [6.45, 7) is 4.86. The van der Waals surface area contributed by atoms with E-state index in [2.05, 4.69) is 16.6 Å². The molecular formula is C15H19FN2O2. The summed E-state index contributed by atoms with van der Waals surface area (Å²) in [6.07, 6.45) is 4.24. The number of carbonyl (C=O) groups excluding carboxylic acids is 1. The number of amides is 1. The number of para-hydroxylation sites is 1. The minimum absolute atomic E-state index is 0.0943. The fourth-order valence-corrected chi connectivity index (χ4v) is 1.60. The summed E-state index contributed by atoms with van der Waals surface area (Å²) in [5, 5.41) is 5.59. The Morgan fingerprint density at radius 1 is 1.55 bits per heavy atom. The lowest BCUT2D eigenvalue weighted by atomic mass is 10.2. The maximum atomic E-state index is 13.8. The van der Waals surface area contributed by atoms with Crippen molar-refractivity contribution in [3.63, 3.8) is 0 Å². The molecule has 0 aromatic heterocycles. The average Bonchev–Trinajstić information content (AvgIpc) is 2.45. The third kappa shape index (κ3) is 4.56. The zero-order chi connectivity index (χ0) is 15.0. The molecule has 0 aliphatic heterocycles. The van der Waals surface area contributed by atoms with Crippen LogP contribution in [-0.2, 0) is 11.3 Å². The number of hydrogen-bond donors (Lipinski definition) is 2. The first-order chi connectivity index (χ1) is 9.60. The number of carbonyl (C=O) groups is 1. The SMILES string of the molecule is C#CCNC(=O)C(C)Oc1c(F)cccc1CNCC. The second-order valence-electron chi connectivity index (χ2n) is 4.19. The van der Waals surface area contributed by atoms with Crippen molar-refractivity contribution in [2.24, 2.45) is 0 Å². The van der Waals surface area contributed by atoms with Gasteiger partial charge in [-0.1, -0.05) is 25.0 Å². The number of benzene rings is 1. The number of nitrogens with one attached hydrogen (secondary N) is 2. The van der Waals surface area contributed by atoms with Crippen LogP contribution in [0.1, 0.15) is 19.4 Å². The lowest BCUT2D eigenvalue weighted by molar-refractivity contribution is -0.127. The molecule has 1 unspecified atom stereocenters. The maximum absolute atomic E-state index is 13.8. The molecule has 20 heavy (non-hydrogen) atoms. The van der Waals surface area contributed by atoms with Crippen LogP contribution < -0.4 is 15.4 Å². The van der Waals surface area contributed by atoms with Gasteiger partial charge in [0.1, 0.15) is 0 Å². The predicted octanol–water partition coefficient (Wildman–Crippen LogP) is 1.45. The van der Waals surface area contributed by atoms with Crippen LogP contribution in [0.2, 0.25) is 0 Å². The Bertz CT molecular complexity index is 497. The molecule has 0 aliphatic rings. The van der Waals surface area contributed by atoms with Crippen molar-refractivity contribution < 1.29 is 13.9 Å². The summed E-state index contributed by atoms with van der Waals surface area (Å²) >= 11 is 0. The van der Waals surface area contributed by atoms with Gasteiger partial charge in [-0.05, 0) is 19.5 Å². The first kappa shape index (κ1) is 16.0. The molecule has 4 nitrogen and oxygen atoms in total. The Labute approximate surface area is 118 Å². The van der Waals surface area contributed by atoms with Gasteiger partial charge in [0.05, 0.1) is 6.54 Å². The van der Waals surface area contributed by atoms with Gasteiger partial charge in [-0.25, -0.2) is 4.39 Å². The van der Waals surface area contributed by atoms with E-state index in [4.69, 9.17) is 11.2 Å². The highest BCUT2D eigenvalue weighted by atomic mass is 19.1. The Balaban J connectivity index is 2.80. The molecule has 1 rings (SSSR count). The Kier molecular flexibility index (Phi) is 6.54. The first-order valence-electron chi connectivity index (χ1n) is 6.46. The van der Waals surface area contributed by atoms with Crippen molar-refractivity contribution in [3.05, 3.63) is 29.6 Å². The molecule has 0 fully saturated rings. The van der Waals surface area contributed by atoms with E-state index in [1.54, 1.807) is 19.1 Å². The predicted molar refractivity (Wildman–Crippen MR) is 75.7 cm³/mol. The summed E-state index contributed by atoms with van der Waals surface area (Å²) in [7, 11) is 0. The van der Waals surface area contributed by atoms with Crippen molar-refractivity contribution in [2.75, 3.05) is 13.1 Å². The fraction of sp³-hybridized carbons (Fsp3) is 0.400. The monoisotopic (exact) mass is 278 g/mol. The van der Waals surface area contributed by atoms with Gasteiger partial charge < -0.3 is 15.4 Å². The fourth-order valence-electron chi connectivity index (χ4n) is 1.60. The smallest absolute Gasteiger partial charge is 0.261 e. The Hall–Kier alpha value is -2.06. The molecule has 1 aromatic carbocycles. The summed E-state index contributed by atoms with van der Waals surface area (Å²) in [5.41, 5.74) is 0.670. The topological polar surface area (TPSA) is 50.4 Å². The van der Waals surface area contributed by atoms with Crippen LogP contribution in [-0.4, -0.2) is 25.1 Å². The molecule has 0 aliphatic carbocycles. The van der Waals surface area contributed by atoms with Gasteiger partial charge in [0, 0.05) is 12.1 Å². The number of hydrogen-bond acceptors (Lipinski definition) is 3. The van der Waals surface area contributed by atoms with Crippen molar-refractivity contribution >= 4 is 5.91 Å². The largest absolute Gasteiger partial charge is 0.477 e. The number of ether oxygens (including phenoxy) is 1. The number of halogens is 1. The first-order valence-corrected chi connectivity index (χ1v) is 6.46. The van der Waals surface area contributed by atoms with Gasteiger partial charge in [-0.15, -0.1) is 6.42 Å². The molecule has 0 heterocycles. The van der Waals surface area contributed by atoms with E-state index in [9.17, 15) is 9.18 Å². The molecule has 108 valence electrons. The van der Waals surface area contributed by atoms with Gasteiger partial charge in [0.2, 0.25) is 0 Å². The van der Waals surface area contributed by atoms with Crippen molar-refractivity contribution in [1.29, 1.82) is 0 Å². The molecule has 0 saturated heterocycles. The summed E-state index contributed by atoms with van der Waals surface area (Å²) < 4.78 is 19.3. The van der Waals surface area contributed by atoms with Crippen molar-refractivity contribution in [1.82, 2.24) is 10.6 Å². The third-order valence-electron chi connectivity index (χ3n) is 2.64. The Morgan fingerprint density at radius 2 is 2.30 bits per heavy atom. The lowest BCUT2D eigenvalue weighted by Gasteiger charge is -2.17. The molecule has 0 saturated carbocycles. The van der Waals surface area contributed by atoms with Gasteiger partial charge in [0.15, 0.2) is 17.7 Å². The van der Waals surface area contributed by atoms with Crippen LogP contribution in [0.3, 0.4) is 0 Å². The van der Waals surface area contributed by atoms with Crippen LogP contribution in [0.5, 0.6) is 5.75 Å². The van der Waals surface area contributed by atoms with Gasteiger partial charge in [0.25, 0.3) is 5.91 Å². The normalized spacial score (nSPS) is 11.5. The summed E-state index contributed by atoms with van der Waals surface area (Å²) in [5.74, 6) is 1.53. The van der Waals surface area contributed by atoms with Gasteiger partial charge in [-0.2, -0.15) is 0 Å². The molecule has 0 spiro atoms. The van der Waals surface area contributed by atoms with E-state index in [0.29, 0.717) is 12.1 Å². The lowest BCUT2D eigenvalue weighted by Crippen LogP contribution is -2.36. The summed E-state index contributed by atoms with van der Waals surface area (Å²) in [6, 6.07) is 4.67. The van der Waals surface area contributed by atoms with Crippen LogP contribution >= 0.6 is 0 Å². The zero-order valence-corrected chi connectivity index (χ0v) is 11.7. The molecule has 2 N–H and O–H groups in total. The van der Waals surface area contributed by atoms with E-state index in [-0.39, 0.29) is 18.2 Å².